The molecule has 2 aliphatic rings. The van der Waals surface area contributed by atoms with Gasteiger partial charge in [-0.15, -0.1) is 0 Å². The number of carbonyl (C=O) groups is 1. The van der Waals surface area contributed by atoms with Gasteiger partial charge in [0.1, 0.15) is 0 Å². The van der Waals surface area contributed by atoms with E-state index in [4.69, 9.17) is 0 Å². The van der Waals surface area contributed by atoms with Crippen LogP contribution in [0.2, 0.25) is 0 Å². The molecule has 1 aliphatic heterocycles. The van der Waals surface area contributed by atoms with E-state index in [1.54, 1.807) is 5.57 Å². The second-order valence-electron chi connectivity index (χ2n) is 8.24. The van der Waals surface area contributed by atoms with E-state index >= 15 is 0 Å². The third-order valence-corrected chi connectivity index (χ3v) is 5.65. The van der Waals surface area contributed by atoms with E-state index in [1.165, 1.54) is 31.2 Å². The molecule has 1 heterocycles. The summed E-state index contributed by atoms with van der Waals surface area (Å²) in [7, 11) is 0. The predicted molar refractivity (Wildman–Crippen MR) is 105 cm³/mol. The molecule has 1 aromatic rings. The fraction of sp³-hybridized carbons (Fsp3) is 0.591. The van der Waals surface area contributed by atoms with Gasteiger partial charge in [-0.05, 0) is 76.5 Å². The maximum Gasteiger partial charge on any atom is 0.241 e. The van der Waals surface area contributed by atoms with Crippen molar-refractivity contribution in [1.82, 2.24) is 5.32 Å². The van der Waals surface area contributed by atoms with E-state index in [0.717, 1.165) is 25.1 Å². The molecule has 3 nitrogen and oxygen atoms in total. The Hall–Kier alpha value is -1.61. The molecule has 1 N–H and O–H groups in total. The number of carbonyl (C=O) groups excluding carboxylic acids is 1. The monoisotopic (exact) mass is 340 g/mol. The standard InChI is InChI=1S/C22H32N2O/c1-17-15-22(2,3)24(20-12-8-7-11-19(17)20)21(25)16-23-14-13-18-9-5-4-6-10-18/h7-9,11-12,17,23H,4-6,10,13-16H2,1-3H3. The number of para-hydroxylation sites is 1. The highest BCUT2D eigenvalue weighted by Crippen LogP contribution is 2.43. The van der Waals surface area contributed by atoms with Crippen molar-refractivity contribution in [2.45, 2.75) is 70.8 Å². The molecular formula is C22H32N2O. The van der Waals surface area contributed by atoms with Crippen molar-refractivity contribution in [3.63, 3.8) is 0 Å². The molecule has 1 unspecified atom stereocenters. The normalized spacial score (nSPS) is 22.3. The van der Waals surface area contributed by atoms with Gasteiger partial charge in [-0.25, -0.2) is 0 Å². The van der Waals surface area contributed by atoms with Crippen molar-refractivity contribution >= 4 is 11.6 Å². The molecule has 1 aromatic carbocycles. The average Bonchev–Trinajstić information content (AvgIpc) is 2.59. The first-order valence-corrected chi connectivity index (χ1v) is 9.79. The maximum atomic E-state index is 13.0. The van der Waals surface area contributed by atoms with Crippen LogP contribution < -0.4 is 10.2 Å². The van der Waals surface area contributed by atoms with Crippen LogP contribution in [-0.2, 0) is 4.79 Å². The lowest BCUT2D eigenvalue weighted by atomic mass is 9.80. The lowest BCUT2D eigenvalue weighted by Crippen LogP contribution is -2.54. The molecule has 0 spiro atoms. The summed E-state index contributed by atoms with van der Waals surface area (Å²) in [4.78, 5) is 15.0. The number of rotatable bonds is 5. The Morgan fingerprint density at radius 3 is 2.84 bits per heavy atom. The largest absolute Gasteiger partial charge is 0.308 e. The highest BCUT2D eigenvalue weighted by Gasteiger charge is 2.39. The smallest absolute Gasteiger partial charge is 0.241 e. The van der Waals surface area contributed by atoms with E-state index in [0.29, 0.717) is 12.5 Å². The topological polar surface area (TPSA) is 32.3 Å². The Kier molecular flexibility index (Phi) is 5.63. The van der Waals surface area contributed by atoms with Crippen LogP contribution in [0, 0.1) is 0 Å². The quantitative estimate of drug-likeness (QED) is 0.617. The van der Waals surface area contributed by atoms with Gasteiger partial charge in [0, 0.05) is 11.2 Å². The first-order chi connectivity index (χ1) is 12.0. The fourth-order valence-corrected chi connectivity index (χ4v) is 4.51. The summed E-state index contributed by atoms with van der Waals surface area (Å²) in [5.74, 6) is 0.670. The SMILES string of the molecule is CC1CC(C)(C)N(C(=O)CNCCC2=CCCCC2)c2ccccc21. The van der Waals surface area contributed by atoms with Crippen LogP contribution in [0.4, 0.5) is 5.69 Å². The zero-order chi connectivity index (χ0) is 17.9. The maximum absolute atomic E-state index is 13.0. The summed E-state index contributed by atoms with van der Waals surface area (Å²) in [6, 6.07) is 8.37. The number of anilines is 1. The lowest BCUT2D eigenvalue weighted by Gasteiger charge is -2.46. The van der Waals surface area contributed by atoms with Gasteiger partial charge in [-0.1, -0.05) is 36.8 Å². The Morgan fingerprint density at radius 2 is 2.08 bits per heavy atom. The van der Waals surface area contributed by atoms with Crippen molar-refractivity contribution in [2.24, 2.45) is 0 Å². The number of benzene rings is 1. The second-order valence-corrected chi connectivity index (χ2v) is 8.24. The summed E-state index contributed by atoms with van der Waals surface area (Å²) in [5, 5.41) is 3.38. The third-order valence-electron chi connectivity index (χ3n) is 5.65. The number of nitrogens with one attached hydrogen (secondary N) is 1. The average molecular weight is 341 g/mol. The molecule has 1 atom stereocenters. The van der Waals surface area contributed by atoms with Gasteiger partial charge < -0.3 is 10.2 Å². The number of fused-ring (bicyclic) bond motifs is 1. The van der Waals surface area contributed by atoms with Gasteiger partial charge in [-0.2, -0.15) is 0 Å². The molecule has 0 aromatic heterocycles. The second kappa shape index (κ2) is 7.74. The van der Waals surface area contributed by atoms with Gasteiger partial charge in [0.15, 0.2) is 0 Å². The Morgan fingerprint density at radius 1 is 1.28 bits per heavy atom. The molecule has 1 amide bonds. The van der Waals surface area contributed by atoms with Crippen LogP contribution in [0.3, 0.4) is 0 Å². The minimum Gasteiger partial charge on any atom is -0.308 e. The molecule has 0 saturated heterocycles. The minimum atomic E-state index is -0.140. The predicted octanol–water partition coefficient (Wildman–Crippen LogP) is 4.79. The van der Waals surface area contributed by atoms with Crippen LogP contribution in [0.5, 0.6) is 0 Å². The number of amides is 1. The zero-order valence-corrected chi connectivity index (χ0v) is 16.0. The van der Waals surface area contributed by atoms with E-state index in [2.05, 4.69) is 50.4 Å². The molecule has 0 fully saturated rings. The zero-order valence-electron chi connectivity index (χ0n) is 16.0. The van der Waals surface area contributed by atoms with Crippen molar-refractivity contribution < 1.29 is 4.79 Å². The third kappa shape index (κ3) is 4.14. The summed E-state index contributed by atoms with van der Waals surface area (Å²) in [6.07, 6.45) is 9.58. The van der Waals surface area contributed by atoms with Crippen molar-refractivity contribution in [3.8, 4) is 0 Å². The highest BCUT2D eigenvalue weighted by molar-refractivity contribution is 5.97. The van der Waals surface area contributed by atoms with E-state index in [9.17, 15) is 4.79 Å². The Bertz CT molecular complexity index is 647. The highest BCUT2D eigenvalue weighted by atomic mass is 16.2. The van der Waals surface area contributed by atoms with Crippen molar-refractivity contribution in [2.75, 3.05) is 18.0 Å². The van der Waals surface area contributed by atoms with Crippen molar-refractivity contribution in [1.29, 1.82) is 0 Å². The van der Waals surface area contributed by atoms with Gasteiger partial charge in [0.2, 0.25) is 5.91 Å². The van der Waals surface area contributed by atoms with Crippen LogP contribution >= 0.6 is 0 Å². The van der Waals surface area contributed by atoms with Gasteiger partial charge >= 0.3 is 0 Å². The van der Waals surface area contributed by atoms with Gasteiger partial charge in [0.25, 0.3) is 0 Å². The molecule has 136 valence electrons. The summed E-state index contributed by atoms with van der Waals surface area (Å²) < 4.78 is 0. The molecule has 0 radical (unpaired) electrons. The number of allylic oxidation sites excluding steroid dienone is 1. The summed E-state index contributed by atoms with van der Waals surface area (Å²) >= 11 is 0. The molecule has 0 bridgehead atoms. The molecule has 1 aliphatic carbocycles. The fourth-order valence-electron chi connectivity index (χ4n) is 4.51. The number of hydrogen-bond acceptors (Lipinski definition) is 2. The minimum absolute atomic E-state index is 0.140. The molecule has 3 rings (SSSR count). The number of hydrogen-bond donors (Lipinski definition) is 1. The lowest BCUT2D eigenvalue weighted by molar-refractivity contribution is -0.119. The van der Waals surface area contributed by atoms with E-state index in [1.807, 2.05) is 11.0 Å². The van der Waals surface area contributed by atoms with Crippen LogP contribution in [0.1, 0.15) is 70.8 Å². The van der Waals surface area contributed by atoms with Gasteiger partial charge in [0.05, 0.1) is 6.54 Å². The molecule has 25 heavy (non-hydrogen) atoms. The van der Waals surface area contributed by atoms with Crippen LogP contribution in [0.25, 0.3) is 0 Å². The summed E-state index contributed by atoms with van der Waals surface area (Å²) in [5.41, 5.74) is 3.80. The molecular weight excluding hydrogens is 308 g/mol. The van der Waals surface area contributed by atoms with Gasteiger partial charge in [-0.3, -0.25) is 4.79 Å². The molecule has 3 heteroatoms. The first kappa shape index (κ1) is 18.2. The van der Waals surface area contributed by atoms with Crippen LogP contribution in [-0.4, -0.2) is 24.5 Å². The number of nitrogens with zero attached hydrogens (tertiary/aromatic N) is 1. The van der Waals surface area contributed by atoms with Crippen molar-refractivity contribution in [3.05, 3.63) is 41.5 Å². The Labute approximate surface area is 152 Å². The van der Waals surface area contributed by atoms with E-state index in [-0.39, 0.29) is 11.4 Å². The summed E-state index contributed by atoms with van der Waals surface area (Å²) in [6.45, 7) is 7.94. The Balaban J connectivity index is 1.62. The molecule has 0 saturated carbocycles. The van der Waals surface area contributed by atoms with Crippen LogP contribution in [0.15, 0.2) is 35.9 Å². The van der Waals surface area contributed by atoms with E-state index < -0.39 is 0 Å². The first-order valence-electron chi connectivity index (χ1n) is 9.79.